The van der Waals surface area contributed by atoms with Crippen molar-refractivity contribution in [1.82, 2.24) is 9.55 Å². The van der Waals surface area contributed by atoms with Crippen LogP contribution in [0.5, 0.6) is 0 Å². The Hall–Kier alpha value is -3.42. The molecule has 0 fully saturated rings. The summed E-state index contributed by atoms with van der Waals surface area (Å²) in [6.45, 7) is 3.31. The topological polar surface area (TPSA) is 84.5 Å². The Morgan fingerprint density at radius 2 is 1.76 bits per heavy atom. The molecule has 0 atom stereocenters. The molecule has 0 aliphatic rings. The van der Waals surface area contributed by atoms with Crippen LogP contribution in [0.4, 0.5) is 0 Å². The van der Waals surface area contributed by atoms with E-state index in [0.717, 1.165) is 22.4 Å². The second kappa shape index (κ2) is 9.21. The number of nitrogens with zero attached hydrogens (tertiary/aromatic N) is 3. The smallest absolute Gasteiger partial charge is 0.178 e. The fourth-order valence-corrected chi connectivity index (χ4v) is 4.63. The number of benzene rings is 3. The molecule has 0 bridgehead atoms. The van der Waals surface area contributed by atoms with Crippen molar-refractivity contribution in [1.29, 1.82) is 0 Å². The van der Waals surface area contributed by atoms with Crippen LogP contribution in [0.15, 0.2) is 89.0 Å². The van der Waals surface area contributed by atoms with Gasteiger partial charge in [0.25, 0.3) is 0 Å². The van der Waals surface area contributed by atoms with Gasteiger partial charge in [-0.1, -0.05) is 60.1 Å². The van der Waals surface area contributed by atoms with Gasteiger partial charge in [0.05, 0.1) is 15.7 Å². The summed E-state index contributed by atoms with van der Waals surface area (Å²) in [5, 5.41) is 13.0. The predicted molar refractivity (Wildman–Crippen MR) is 131 cm³/mol. The number of sulfone groups is 1. The number of aromatic nitrogens is 2. The van der Waals surface area contributed by atoms with Gasteiger partial charge >= 0.3 is 0 Å². The van der Waals surface area contributed by atoms with Crippen molar-refractivity contribution in [3.05, 3.63) is 89.7 Å². The van der Waals surface area contributed by atoms with Gasteiger partial charge in [-0.2, -0.15) is 0 Å². The first-order chi connectivity index (χ1) is 15.8. The molecule has 0 saturated carbocycles. The molecule has 8 heteroatoms. The number of imidazole rings is 1. The normalized spacial score (nSPS) is 12.2. The number of oxime groups is 1. The van der Waals surface area contributed by atoms with Crippen molar-refractivity contribution in [2.45, 2.75) is 18.7 Å². The second-order valence-electron chi connectivity index (χ2n) is 7.46. The number of rotatable bonds is 6. The van der Waals surface area contributed by atoms with Crippen molar-refractivity contribution < 1.29 is 13.6 Å². The Kier molecular flexibility index (Phi) is 6.35. The van der Waals surface area contributed by atoms with E-state index in [4.69, 9.17) is 11.6 Å². The maximum Gasteiger partial charge on any atom is 0.178 e. The van der Waals surface area contributed by atoms with Crippen LogP contribution >= 0.6 is 11.6 Å². The molecule has 0 saturated heterocycles. The number of hydrogen-bond donors (Lipinski definition) is 1. The predicted octanol–water partition coefficient (Wildman–Crippen LogP) is 5.85. The summed E-state index contributed by atoms with van der Waals surface area (Å²) in [5.41, 5.74) is 4.19. The van der Waals surface area contributed by atoms with Crippen molar-refractivity contribution >= 4 is 27.1 Å². The molecule has 4 aromatic rings. The third-order valence-electron chi connectivity index (χ3n) is 5.39. The number of halogens is 1. The largest absolute Gasteiger partial charge is 0.411 e. The summed E-state index contributed by atoms with van der Waals surface area (Å²) in [6.07, 6.45) is 1.79. The van der Waals surface area contributed by atoms with Gasteiger partial charge in [0.15, 0.2) is 9.84 Å². The van der Waals surface area contributed by atoms with Crippen LogP contribution in [-0.2, 0) is 9.84 Å². The molecule has 3 aromatic carbocycles. The van der Waals surface area contributed by atoms with Gasteiger partial charge < -0.3 is 5.21 Å². The highest BCUT2D eigenvalue weighted by molar-refractivity contribution is 7.91. The van der Waals surface area contributed by atoms with E-state index in [-0.39, 0.29) is 5.75 Å². The Bertz CT molecular complexity index is 1440. The van der Waals surface area contributed by atoms with Crippen LogP contribution in [0.25, 0.3) is 28.2 Å². The molecule has 1 aromatic heterocycles. The van der Waals surface area contributed by atoms with Gasteiger partial charge in [0, 0.05) is 17.4 Å². The Morgan fingerprint density at radius 3 is 2.42 bits per heavy atom. The standard InChI is InChI=1S/C25H22ClN3O3S/c1-3-33(31,32)21-8-6-7-19(15-21)18-11-13-20(14-12-18)29-16-24(17(2)28-30)27-25(29)22-9-4-5-10-23(22)26/h4-16,30H,3H2,1-2H3/b28-17+. The summed E-state index contributed by atoms with van der Waals surface area (Å²) in [4.78, 5) is 4.95. The quantitative estimate of drug-likeness (QED) is 0.213. The van der Waals surface area contributed by atoms with Crippen molar-refractivity contribution in [2.75, 3.05) is 5.75 Å². The van der Waals surface area contributed by atoms with Gasteiger partial charge in [-0.15, -0.1) is 0 Å². The van der Waals surface area contributed by atoms with Crippen molar-refractivity contribution in [3.63, 3.8) is 0 Å². The van der Waals surface area contributed by atoms with Gasteiger partial charge in [0.2, 0.25) is 0 Å². The minimum atomic E-state index is -3.28. The highest BCUT2D eigenvalue weighted by Crippen LogP contribution is 2.31. The van der Waals surface area contributed by atoms with E-state index in [0.29, 0.717) is 27.1 Å². The highest BCUT2D eigenvalue weighted by Gasteiger charge is 2.16. The molecular weight excluding hydrogens is 458 g/mol. The highest BCUT2D eigenvalue weighted by atomic mass is 35.5. The summed E-state index contributed by atoms with van der Waals surface area (Å²) in [7, 11) is -3.28. The van der Waals surface area contributed by atoms with E-state index in [1.165, 1.54) is 0 Å². The van der Waals surface area contributed by atoms with Gasteiger partial charge in [0.1, 0.15) is 17.2 Å². The van der Waals surface area contributed by atoms with Crippen LogP contribution in [-0.4, -0.2) is 34.6 Å². The molecule has 0 amide bonds. The lowest BCUT2D eigenvalue weighted by Crippen LogP contribution is -2.03. The zero-order chi connectivity index (χ0) is 23.6. The third kappa shape index (κ3) is 4.55. The van der Waals surface area contributed by atoms with Crippen molar-refractivity contribution in [3.8, 4) is 28.2 Å². The Morgan fingerprint density at radius 1 is 1.03 bits per heavy atom. The van der Waals surface area contributed by atoms with E-state index in [1.54, 1.807) is 44.3 Å². The average Bonchev–Trinajstić information content (AvgIpc) is 3.29. The Balaban J connectivity index is 1.78. The minimum Gasteiger partial charge on any atom is -0.411 e. The second-order valence-corrected chi connectivity index (χ2v) is 10.1. The third-order valence-corrected chi connectivity index (χ3v) is 7.46. The first-order valence-corrected chi connectivity index (χ1v) is 12.3. The fraction of sp³-hybridized carbons (Fsp3) is 0.120. The van der Waals surface area contributed by atoms with Crippen LogP contribution < -0.4 is 0 Å². The maximum absolute atomic E-state index is 12.3. The Labute approximate surface area is 197 Å². The first-order valence-electron chi connectivity index (χ1n) is 10.3. The van der Waals surface area contributed by atoms with Crippen LogP contribution in [0, 0.1) is 0 Å². The van der Waals surface area contributed by atoms with E-state index in [2.05, 4.69) is 10.1 Å². The summed E-state index contributed by atoms with van der Waals surface area (Å²) >= 11 is 6.43. The summed E-state index contributed by atoms with van der Waals surface area (Å²) in [5.74, 6) is 0.669. The average molecular weight is 480 g/mol. The minimum absolute atomic E-state index is 0.0553. The fourth-order valence-electron chi connectivity index (χ4n) is 3.49. The monoisotopic (exact) mass is 479 g/mol. The van der Waals surface area contributed by atoms with Crippen molar-refractivity contribution in [2.24, 2.45) is 5.16 Å². The SMILES string of the molecule is CCS(=O)(=O)c1cccc(-c2ccc(-n3cc(/C(C)=N/O)nc3-c3ccccc3Cl)cc2)c1. The van der Waals surface area contributed by atoms with Crippen LogP contribution in [0.3, 0.4) is 0 Å². The molecule has 4 rings (SSSR count). The molecular formula is C25H22ClN3O3S. The first kappa shape index (κ1) is 22.8. The lowest BCUT2D eigenvalue weighted by Gasteiger charge is -2.11. The molecule has 6 nitrogen and oxygen atoms in total. The lowest BCUT2D eigenvalue weighted by atomic mass is 10.1. The van der Waals surface area contributed by atoms with E-state index in [1.807, 2.05) is 53.1 Å². The summed E-state index contributed by atoms with van der Waals surface area (Å²) in [6, 6.07) is 22.1. The molecule has 168 valence electrons. The zero-order valence-electron chi connectivity index (χ0n) is 18.1. The molecule has 33 heavy (non-hydrogen) atoms. The van der Waals surface area contributed by atoms with Crippen LogP contribution in [0.2, 0.25) is 5.02 Å². The molecule has 0 radical (unpaired) electrons. The van der Waals surface area contributed by atoms with Gasteiger partial charge in [-0.05, 0) is 54.4 Å². The molecule has 1 heterocycles. The lowest BCUT2D eigenvalue weighted by molar-refractivity contribution is 0.319. The molecule has 0 unspecified atom stereocenters. The van der Waals surface area contributed by atoms with Gasteiger partial charge in [-0.3, -0.25) is 4.57 Å². The maximum atomic E-state index is 12.3. The summed E-state index contributed by atoms with van der Waals surface area (Å²) < 4.78 is 26.4. The zero-order valence-corrected chi connectivity index (χ0v) is 19.7. The van der Waals surface area contributed by atoms with Gasteiger partial charge in [-0.25, -0.2) is 13.4 Å². The molecule has 0 aliphatic carbocycles. The number of hydrogen-bond acceptors (Lipinski definition) is 5. The molecule has 1 N–H and O–H groups in total. The molecule has 0 spiro atoms. The van der Waals surface area contributed by atoms with E-state index in [9.17, 15) is 13.6 Å². The van der Waals surface area contributed by atoms with E-state index < -0.39 is 9.84 Å². The van der Waals surface area contributed by atoms with Crippen LogP contribution in [0.1, 0.15) is 19.5 Å². The van der Waals surface area contributed by atoms with E-state index >= 15 is 0 Å². The molecule has 0 aliphatic heterocycles.